The number of ether oxygens (including phenoxy) is 1. The number of Topliss-reactive ketones (excluding diaryl/α,β-unsaturated/α-hetero) is 1. The molecule has 1 aromatic heterocycles. The van der Waals surface area contributed by atoms with E-state index in [-0.39, 0.29) is 18.3 Å². The lowest BCUT2D eigenvalue weighted by Crippen LogP contribution is -2.16. The molecule has 0 atom stereocenters. The standard InChI is InChI=1S/C14H15NO2/c1-10(2)13(16)9-17-14-7-3-6-12-11(14)5-4-8-15-12/h3-8,10H,9H2,1-2H3. The summed E-state index contributed by atoms with van der Waals surface area (Å²) in [6, 6.07) is 9.46. The predicted molar refractivity (Wildman–Crippen MR) is 67.1 cm³/mol. The minimum Gasteiger partial charge on any atom is -0.485 e. The van der Waals surface area contributed by atoms with Crippen molar-refractivity contribution in [2.45, 2.75) is 13.8 Å². The Hall–Kier alpha value is -1.90. The second-order valence-electron chi connectivity index (χ2n) is 4.24. The van der Waals surface area contributed by atoms with E-state index in [9.17, 15) is 4.79 Å². The van der Waals surface area contributed by atoms with Crippen LogP contribution in [0.1, 0.15) is 13.8 Å². The Morgan fingerprint density at radius 3 is 2.88 bits per heavy atom. The summed E-state index contributed by atoms with van der Waals surface area (Å²) in [6.45, 7) is 3.86. The van der Waals surface area contributed by atoms with Crippen LogP contribution in [0.5, 0.6) is 5.75 Å². The smallest absolute Gasteiger partial charge is 0.172 e. The van der Waals surface area contributed by atoms with Gasteiger partial charge in [-0.15, -0.1) is 0 Å². The van der Waals surface area contributed by atoms with Crippen LogP contribution in [-0.4, -0.2) is 17.4 Å². The fraction of sp³-hybridized carbons (Fsp3) is 0.286. The topological polar surface area (TPSA) is 39.2 Å². The van der Waals surface area contributed by atoms with Crippen molar-refractivity contribution in [1.29, 1.82) is 0 Å². The minimum absolute atomic E-state index is 0.00287. The third kappa shape index (κ3) is 2.61. The average Bonchev–Trinajstić information content (AvgIpc) is 2.35. The highest BCUT2D eigenvalue weighted by molar-refractivity contribution is 5.86. The first-order valence-corrected chi connectivity index (χ1v) is 5.68. The molecule has 2 rings (SSSR count). The van der Waals surface area contributed by atoms with Crippen LogP contribution < -0.4 is 4.74 Å². The van der Waals surface area contributed by atoms with Crippen molar-refractivity contribution in [2.24, 2.45) is 5.92 Å². The van der Waals surface area contributed by atoms with Crippen molar-refractivity contribution in [3.63, 3.8) is 0 Å². The van der Waals surface area contributed by atoms with Crippen LogP contribution in [0.2, 0.25) is 0 Å². The predicted octanol–water partition coefficient (Wildman–Crippen LogP) is 2.84. The van der Waals surface area contributed by atoms with Gasteiger partial charge in [-0.2, -0.15) is 0 Å². The molecule has 0 spiro atoms. The van der Waals surface area contributed by atoms with Crippen molar-refractivity contribution < 1.29 is 9.53 Å². The van der Waals surface area contributed by atoms with Crippen LogP contribution in [-0.2, 0) is 4.79 Å². The summed E-state index contributed by atoms with van der Waals surface area (Å²) in [5.41, 5.74) is 0.877. The molecule has 17 heavy (non-hydrogen) atoms. The SMILES string of the molecule is CC(C)C(=O)COc1cccc2ncccc12. The zero-order valence-corrected chi connectivity index (χ0v) is 10.0. The van der Waals surface area contributed by atoms with Crippen molar-refractivity contribution in [1.82, 2.24) is 4.98 Å². The normalized spacial score (nSPS) is 10.8. The molecule has 3 nitrogen and oxygen atoms in total. The van der Waals surface area contributed by atoms with Crippen LogP contribution in [0.4, 0.5) is 0 Å². The Morgan fingerprint density at radius 1 is 1.29 bits per heavy atom. The number of pyridine rings is 1. The molecular formula is C14H15NO2. The van der Waals surface area contributed by atoms with Gasteiger partial charge < -0.3 is 4.74 Å². The van der Waals surface area contributed by atoms with Gasteiger partial charge in [0.15, 0.2) is 5.78 Å². The number of hydrogen-bond acceptors (Lipinski definition) is 3. The molecule has 0 N–H and O–H groups in total. The van der Waals surface area contributed by atoms with Crippen molar-refractivity contribution in [3.05, 3.63) is 36.5 Å². The quantitative estimate of drug-likeness (QED) is 0.809. The Morgan fingerprint density at radius 2 is 2.12 bits per heavy atom. The lowest BCUT2D eigenvalue weighted by molar-refractivity contribution is -0.123. The Labute approximate surface area is 100 Å². The second kappa shape index (κ2) is 4.95. The van der Waals surface area contributed by atoms with Gasteiger partial charge in [0.05, 0.1) is 5.52 Å². The van der Waals surface area contributed by atoms with Gasteiger partial charge in [-0.05, 0) is 24.3 Å². The number of carbonyl (C=O) groups excluding carboxylic acids is 1. The van der Waals surface area contributed by atoms with Crippen molar-refractivity contribution >= 4 is 16.7 Å². The van der Waals surface area contributed by atoms with Gasteiger partial charge in [0.1, 0.15) is 12.4 Å². The van der Waals surface area contributed by atoms with E-state index in [1.54, 1.807) is 6.20 Å². The molecule has 0 fully saturated rings. The zero-order valence-electron chi connectivity index (χ0n) is 10.0. The van der Waals surface area contributed by atoms with Crippen molar-refractivity contribution in [2.75, 3.05) is 6.61 Å². The number of benzene rings is 1. The highest BCUT2D eigenvalue weighted by atomic mass is 16.5. The monoisotopic (exact) mass is 229 g/mol. The molecule has 0 radical (unpaired) electrons. The van der Waals surface area contributed by atoms with E-state index in [4.69, 9.17) is 4.74 Å². The number of rotatable bonds is 4. The molecule has 0 saturated heterocycles. The van der Waals surface area contributed by atoms with Gasteiger partial charge >= 0.3 is 0 Å². The molecule has 0 unspecified atom stereocenters. The van der Waals surface area contributed by atoms with Crippen LogP contribution >= 0.6 is 0 Å². The highest BCUT2D eigenvalue weighted by Gasteiger charge is 2.09. The third-order valence-corrected chi connectivity index (χ3v) is 2.62. The van der Waals surface area contributed by atoms with E-state index in [0.717, 1.165) is 10.9 Å². The lowest BCUT2D eigenvalue weighted by Gasteiger charge is -2.09. The first-order chi connectivity index (χ1) is 8.18. The van der Waals surface area contributed by atoms with Crippen molar-refractivity contribution in [3.8, 4) is 5.75 Å². The Bertz CT molecular complexity index is 529. The number of ketones is 1. The highest BCUT2D eigenvalue weighted by Crippen LogP contribution is 2.23. The second-order valence-corrected chi connectivity index (χ2v) is 4.24. The fourth-order valence-corrected chi connectivity index (χ4v) is 1.52. The maximum absolute atomic E-state index is 11.5. The summed E-state index contributed by atoms with van der Waals surface area (Å²) in [6.07, 6.45) is 1.74. The molecule has 1 aromatic carbocycles. The van der Waals surface area contributed by atoms with Gasteiger partial charge in [0, 0.05) is 17.5 Å². The molecule has 1 heterocycles. The molecule has 3 heteroatoms. The Balaban J connectivity index is 2.21. The molecule has 2 aromatic rings. The van der Waals surface area contributed by atoms with Gasteiger partial charge in [-0.25, -0.2) is 0 Å². The van der Waals surface area contributed by atoms with E-state index in [0.29, 0.717) is 5.75 Å². The van der Waals surface area contributed by atoms with Crippen LogP contribution in [0.3, 0.4) is 0 Å². The van der Waals surface area contributed by atoms with Gasteiger partial charge in [0.2, 0.25) is 0 Å². The first kappa shape index (κ1) is 11.6. The lowest BCUT2D eigenvalue weighted by atomic mass is 10.1. The van der Waals surface area contributed by atoms with Crippen LogP contribution in [0, 0.1) is 5.92 Å². The zero-order chi connectivity index (χ0) is 12.3. The summed E-state index contributed by atoms with van der Waals surface area (Å²) in [7, 11) is 0. The number of carbonyl (C=O) groups is 1. The molecule has 0 aliphatic heterocycles. The van der Waals surface area contributed by atoms with E-state index in [1.165, 1.54) is 0 Å². The number of aromatic nitrogens is 1. The molecule has 0 aliphatic carbocycles. The molecule has 0 aliphatic rings. The molecule has 0 saturated carbocycles. The first-order valence-electron chi connectivity index (χ1n) is 5.68. The summed E-state index contributed by atoms with van der Waals surface area (Å²) >= 11 is 0. The van der Waals surface area contributed by atoms with E-state index in [2.05, 4.69) is 4.98 Å². The maximum Gasteiger partial charge on any atom is 0.172 e. The molecular weight excluding hydrogens is 214 g/mol. The number of nitrogens with zero attached hydrogens (tertiary/aromatic N) is 1. The third-order valence-electron chi connectivity index (χ3n) is 2.62. The summed E-state index contributed by atoms with van der Waals surface area (Å²) in [4.78, 5) is 15.8. The molecule has 0 bridgehead atoms. The number of hydrogen-bond donors (Lipinski definition) is 0. The number of fused-ring (bicyclic) bond motifs is 1. The minimum atomic E-state index is 0.00287. The summed E-state index contributed by atoms with van der Waals surface area (Å²) in [5.74, 6) is 0.818. The maximum atomic E-state index is 11.5. The van der Waals surface area contributed by atoms with E-state index >= 15 is 0 Å². The van der Waals surface area contributed by atoms with Crippen LogP contribution in [0.25, 0.3) is 10.9 Å². The van der Waals surface area contributed by atoms with Gasteiger partial charge in [-0.1, -0.05) is 19.9 Å². The van der Waals surface area contributed by atoms with Gasteiger partial charge in [-0.3, -0.25) is 9.78 Å². The average molecular weight is 229 g/mol. The van der Waals surface area contributed by atoms with E-state index in [1.807, 2.05) is 44.2 Å². The molecule has 0 amide bonds. The molecule has 88 valence electrons. The fourth-order valence-electron chi connectivity index (χ4n) is 1.52. The summed E-state index contributed by atoms with van der Waals surface area (Å²) < 4.78 is 5.55. The Kier molecular flexibility index (Phi) is 3.38. The van der Waals surface area contributed by atoms with Gasteiger partial charge in [0.25, 0.3) is 0 Å². The van der Waals surface area contributed by atoms with E-state index < -0.39 is 0 Å². The largest absolute Gasteiger partial charge is 0.485 e. The summed E-state index contributed by atoms with van der Waals surface area (Å²) in [5, 5.41) is 0.937. The van der Waals surface area contributed by atoms with Crippen LogP contribution in [0.15, 0.2) is 36.5 Å².